The van der Waals surface area contributed by atoms with Gasteiger partial charge in [0.1, 0.15) is 11.9 Å². The number of carbonyl (C=O) groups is 3. The molecule has 3 aromatic carbocycles. The van der Waals surface area contributed by atoms with E-state index in [1.807, 2.05) is 0 Å². The minimum absolute atomic E-state index is 0.206. The van der Waals surface area contributed by atoms with Crippen LogP contribution in [-0.2, 0) is 9.53 Å². The van der Waals surface area contributed by atoms with Gasteiger partial charge in [0.15, 0.2) is 11.9 Å². The van der Waals surface area contributed by atoms with Gasteiger partial charge in [-0.3, -0.25) is 9.59 Å². The SMILES string of the molecule is C[C@@H](OC(=O)[C@H](CC(=O)c1ccccc1)Nc1ccc(F)cc1)C(=O)c1ccc(Cl)cc1. The van der Waals surface area contributed by atoms with E-state index in [2.05, 4.69) is 5.32 Å². The van der Waals surface area contributed by atoms with Crippen LogP contribution < -0.4 is 5.32 Å². The van der Waals surface area contributed by atoms with Crippen LogP contribution in [0.2, 0.25) is 5.02 Å². The van der Waals surface area contributed by atoms with Crippen molar-refractivity contribution < 1.29 is 23.5 Å². The number of esters is 1. The van der Waals surface area contributed by atoms with Gasteiger partial charge in [-0.25, -0.2) is 9.18 Å². The number of rotatable bonds is 9. The molecule has 3 rings (SSSR count). The smallest absolute Gasteiger partial charge is 0.329 e. The number of ketones is 2. The first-order valence-electron chi connectivity index (χ1n) is 9.94. The average Bonchev–Trinajstić information content (AvgIpc) is 2.80. The second-order valence-corrected chi connectivity index (χ2v) is 7.58. The molecule has 0 unspecified atom stereocenters. The second-order valence-electron chi connectivity index (χ2n) is 7.15. The quantitative estimate of drug-likeness (QED) is 0.349. The van der Waals surface area contributed by atoms with Crippen molar-refractivity contribution in [3.63, 3.8) is 0 Å². The third-order valence-electron chi connectivity index (χ3n) is 4.75. The molecule has 0 amide bonds. The topological polar surface area (TPSA) is 72.5 Å². The first-order valence-corrected chi connectivity index (χ1v) is 10.3. The first kappa shape index (κ1) is 23.2. The van der Waals surface area contributed by atoms with Gasteiger partial charge in [-0.05, 0) is 55.5 Å². The number of Topliss-reactive ketones (excluding diaryl/α,β-unsaturated/α-hetero) is 2. The molecule has 0 aliphatic rings. The molecule has 7 heteroatoms. The number of hydrogen-bond donors (Lipinski definition) is 1. The summed E-state index contributed by atoms with van der Waals surface area (Å²) in [5, 5.41) is 3.39. The molecule has 1 N–H and O–H groups in total. The fourth-order valence-corrected chi connectivity index (χ4v) is 3.15. The first-order chi connectivity index (χ1) is 15.3. The van der Waals surface area contributed by atoms with Gasteiger partial charge in [0.05, 0.1) is 0 Å². The van der Waals surface area contributed by atoms with E-state index in [1.54, 1.807) is 54.6 Å². The Morgan fingerprint density at radius 2 is 1.53 bits per heavy atom. The lowest BCUT2D eigenvalue weighted by molar-refractivity contribution is -0.147. The maximum absolute atomic E-state index is 13.2. The second kappa shape index (κ2) is 10.7. The van der Waals surface area contributed by atoms with Crippen molar-refractivity contribution in [1.29, 1.82) is 0 Å². The van der Waals surface area contributed by atoms with Gasteiger partial charge >= 0.3 is 5.97 Å². The highest BCUT2D eigenvalue weighted by Crippen LogP contribution is 2.17. The number of nitrogens with one attached hydrogen (secondary N) is 1. The van der Waals surface area contributed by atoms with Gasteiger partial charge in [0, 0.05) is 28.3 Å². The van der Waals surface area contributed by atoms with Crippen LogP contribution in [0.4, 0.5) is 10.1 Å². The lowest BCUT2D eigenvalue weighted by Gasteiger charge is -2.21. The Morgan fingerprint density at radius 1 is 0.906 bits per heavy atom. The third kappa shape index (κ3) is 6.25. The number of anilines is 1. The van der Waals surface area contributed by atoms with E-state index in [4.69, 9.17) is 16.3 Å². The van der Waals surface area contributed by atoms with E-state index in [-0.39, 0.29) is 12.2 Å². The van der Waals surface area contributed by atoms with E-state index in [1.165, 1.54) is 31.2 Å². The predicted molar refractivity (Wildman–Crippen MR) is 121 cm³/mol. The van der Waals surface area contributed by atoms with Gasteiger partial charge < -0.3 is 10.1 Å². The van der Waals surface area contributed by atoms with Crippen molar-refractivity contribution in [2.75, 3.05) is 5.32 Å². The highest BCUT2D eigenvalue weighted by atomic mass is 35.5. The van der Waals surface area contributed by atoms with Crippen molar-refractivity contribution in [1.82, 2.24) is 0 Å². The van der Waals surface area contributed by atoms with E-state index < -0.39 is 29.7 Å². The number of ether oxygens (including phenoxy) is 1. The molecular formula is C25H21ClFNO4. The highest BCUT2D eigenvalue weighted by Gasteiger charge is 2.28. The highest BCUT2D eigenvalue weighted by molar-refractivity contribution is 6.30. The largest absolute Gasteiger partial charge is 0.453 e. The van der Waals surface area contributed by atoms with Gasteiger partial charge in [-0.15, -0.1) is 0 Å². The van der Waals surface area contributed by atoms with Crippen molar-refractivity contribution in [3.8, 4) is 0 Å². The number of carbonyl (C=O) groups excluding carboxylic acids is 3. The normalized spacial score (nSPS) is 12.5. The molecule has 0 aliphatic heterocycles. The molecule has 2 atom stereocenters. The molecule has 0 saturated carbocycles. The van der Waals surface area contributed by atoms with Crippen molar-refractivity contribution in [2.45, 2.75) is 25.5 Å². The molecule has 0 aliphatic carbocycles. The molecule has 0 spiro atoms. The molecule has 32 heavy (non-hydrogen) atoms. The van der Waals surface area contributed by atoms with Crippen LogP contribution in [0.3, 0.4) is 0 Å². The summed E-state index contributed by atoms with van der Waals surface area (Å²) in [5.74, 6) is -1.88. The van der Waals surface area contributed by atoms with E-state index in [9.17, 15) is 18.8 Å². The Balaban J connectivity index is 1.75. The maximum atomic E-state index is 13.2. The summed E-state index contributed by atoms with van der Waals surface area (Å²) in [4.78, 5) is 38.2. The van der Waals surface area contributed by atoms with Gasteiger partial charge in [0.2, 0.25) is 5.78 Å². The van der Waals surface area contributed by atoms with Crippen molar-refractivity contribution in [2.24, 2.45) is 0 Å². The maximum Gasteiger partial charge on any atom is 0.329 e. The molecular weight excluding hydrogens is 433 g/mol. The molecule has 0 saturated heterocycles. The fourth-order valence-electron chi connectivity index (χ4n) is 3.03. The van der Waals surface area contributed by atoms with Crippen molar-refractivity contribution >= 4 is 34.8 Å². The minimum atomic E-state index is -1.08. The Kier molecular flexibility index (Phi) is 7.73. The number of hydrogen-bond acceptors (Lipinski definition) is 5. The fraction of sp³-hybridized carbons (Fsp3) is 0.160. The standard InChI is InChI=1S/C25H21ClFNO4/c1-16(24(30)18-7-9-19(26)10-8-18)32-25(31)22(28-21-13-11-20(27)12-14-21)15-23(29)17-5-3-2-4-6-17/h2-14,16,22,28H,15H2,1H3/t16-,22+/m1/s1. The van der Waals surface area contributed by atoms with Gasteiger partial charge in [0.25, 0.3) is 0 Å². The van der Waals surface area contributed by atoms with Crippen molar-refractivity contribution in [3.05, 3.63) is 101 Å². The van der Waals surface area contributed by atoms with E-state index in [0.717, 1.165) is 0 Å². The Labute approximate surface area is 190 Å². The summed E-state index contributed by atoms with van der Waals surface area (Å²) < 4.78 is 18.6. The minimum Gasteiger partial charge on any atom is -0.453 e. The zero-order valence-electron chi connectivity index (χ0n) is 17.3. The summed E-state index contributed by atoms with van der Waals surface area (Å²) in [6.45, 7) is 1.46. The predicted octanol–water partition coefficient (Wildman–Crippen LogP) is 5.35. The molecule has 0 heterocycles. The molecule has 5 nitrogen and oxygen atoms in total. The van der Waals surface area contributed by atoms with Crippen LogP contribution in [0.5, 0.6) is 0 Å². The average molecular weight is 454 g/mol. The Morgan fingerprint density at radius 3 is 2.16 bits per heavy atom. The summed E-state index contributed by atoms with van der Waals surface area (Å²) >= 11 is 5.85. The molecule has 164 valence electrons. The van der Waals surface area contributed by atoms with Crippen LogP contribution in [0, 0.1) is 5.82 Å². The number of benzene rings is 3. The lowest BCUT2D eigenvalue weighted by Crippen LogP contribution is -2.37. The summed E-state index contributed by atoms with van der Waals surface area (Å²) in [7, 11) is 0. The van der Waals surface area contributed by atoms with Crippen LogP contribution >= 0.6 is 11.6 Å². The van der Waals surface area contributed by atoms with E-state index in [0.29, 0.717) is 21.8 Å². The lowest BCUT2D eigenvalue weighted by atomic mass is 10.0. The molecule has 3 aromatic rings. The molecule has 0 bridgehead atoms. The van der Waals surface area contributed by atoms with Crippen LogP contribution in [0.1, 0.15) is 34.1 Å². The zero-order valence-corrected chi connectivity index (χ0v) is 18.0. The molecule has 0 fully saturated rings. The monoisotopic (exact) mass is 453 g/mol. The summed E-state index contributed by atoms with van der Waals surface area (Å²) in [6.07, 6.45) is -1.28. The summed E-state index contributed by atoms with van der Waals surface area (Å²) in [5.41, 5.74) is 1.22. The van der Waals surface area contributed by atoms with E-state index >= 15 is 0 Å². The van der Waals surface area contributed by atoms with Crippen LogP contribution in [0.15, 0.2) is 78.9 Å². The zero-order chi connectivity index (χ0) is 23.1. The Bertz CT molecular complexity index is 1090. The Hall–Kier alpha value is -3.51. The van der Waals surface area contributed by atoms with Crippen LogP contribution in [-0.4, -0.2) is 29.7 Å². The van der Waals surface area contributed by atoms with Crippen LogP contribution in [0.25, 0.3) is 0 Å². The van der Waals surface area contributed by atoms with Gasteiger partial charge in [-0.1, -0.05) is 41.9 Å². The van der Waals surface area contributed by atoms with Gasteiger partial charge in [-0.2, -0.15) is 0 Å². The molecule has 0 aromatic heterocycles. The number of halogens is 2. The summed E-state index contributed by atoms with van der Waals surface area (Å²) in [6, 6.07) is 19.0. The molecule has 0 radical (unpaired) electrons. The third-order valence-corrected chi connectivity index (χ3v) is 5.00.